The second kappa shape index (κ2) is 8.10. The predicted octanol–water partition coefficient (Wildman–Crippen LogP) is -0.166. The van der Waals surface area contributed by atoms with E-state index < -0.39 is 20.8 Å². The maximum absolute atomic E-state index is 12.4. The average molecular weight is 416 g/mol. The molecule has 29 heavy (non-hydrogen) atoms. The number of ketones is 1. The molecular formula is C20H13N2NaO5S. The van der Waals surface area contributed by atoms with E-state index >= 15 is 0 Å². The largest absolute Gasteiger partial charge is 1.00 e. The van der Waals surface area contributed by atoms with Gasteiger partial charge in [0.1, 0.15) is 21.6 Å². The molecule has 0 fully saturated rings. The smallest absolute Gasteiger partial charge is 0.744 e. The van der Waals surface area contributed by atoms with Crippen LogP contribution >= 0.6 is 0 Å². The van der Waals surface area contributed by atoms with Crippen LogP contribution < -0.4 is 35.0 Å². The van der Waals surface area contributed by atoms with E-state index in [1.165, 1.54) is 12.1 Å². The first-order valence-electron chi connectivity index (χ1n) is 8.22. The third-order valence-corrected chi connectivity index (χ3v) is 5.28. The molecule has 0 heterocycles. The van der Waals surface area contributed by atoms with Crippen molar-refractivity contribution in [3.05, 3.63) is 77.9 Å². The number of aromatic hydroxyl groups is 1. The first-order valence-corrected chi connectivity index (χ1v) is 9.63. The van der Waals surface area contributed by atoms with Crippen molar-refractivity contribution in [3.63, 3.8) is 0 Å². The number of benzene rings is 3. The first kappa shape index (κ1) is 21.2. The van der Waals surface area contributed by atoms with Crippen molar-refractivity contribution in [2.45, 2.75) is 0 Å². The van der Waals surface area contributed by atoms with Crippen molar-refractivity contribution >= 4 is 43.0 Å². The first-order chi connectivity index (χ1) is 13.4. The molecule has 0 radical (unpaired) electrons. The van der Waals surface area contributed by atoms with Crippen LogP contribution in [-0.4, -0.2) is 29.6 Å². The van der Waals surface area contributed by atoms with Gasteiger partial charge in [0.25, 0.3) is 0 Å². The summed E-state index contributed by atoms with van der Waals surface area (Å²) >= 11 is 0. The van der Waals surface area contributed by atoms with Gasteiger partial charge in [0.15, 0.2) is 0 Å². The number of hydrazone groups is 1. The van der Waals surface area contributed by atoms with Crippen LogP contribution in [0.4, 0.5) is 5.69 Å². The van der Waals surface area contributed by atoms with Gasteiger partial charge in [0.05, 0.1) is 10.6 Å². The molecule has 0 atom stereocenters. The van der Waals surface area contributed by atoms with Crippen LogP contribution in [-0.2, 0) is 14.9 Å². The molecule has 3 aromatic rings. The summed E-state index contributed by atoms with van der Waals surface area (Å²) in [7, 11) is -4.82. The third-order valence-electron chi connectivity index (χ3n) is 4.40. The molecule has 2 N–H and O–H groups in total. The maximum Gasteiger partial charge on any atom is 1.00 e. The molecule has 1 aliphatic rings. The molecular weight excluding hydrogens is 403 g/mol. The molecule has 0 saturated heterocycles. The quantitative estimate of drug-likeness (QED) is 0.265. The van der Waals surface area contributed by atoms with E-state index in [0.29, 0.717) is 5.39 Å². The number of phenolic OH excluding ortho intramolecular Hbond substituents is 1. The van der Waals surface area contributed by atoms with Gasteiger partial charge in [0, 0.05) is 22.6 Å². The number of anilines is 1. The molecule has 3 aromatic carbocycles. The minimum atomic E-state index is -4.82. The fraction of sp³-hybridized carbons (Fsp3) is 0. The summed E-state index contributed by atoms with van der Waals surface area (Å²) in [5.41, 5.74) is 3.21. The summed E-state index contributed by atoms with van der Waals surface area (Å²) in [6, 6.07) is 16.7. The summed E-state index contributed by atoms with van der Waals surface area (Å²) < 4.78 is 34.5. The number of hydrogen-bond donors (Lipinski definition) is 2. The number of allylic oxidation sites excluding steroid dienone is 1. The molecule has 4 rings (SSSR count). The Morgan fingerprint density at radius 2 is 1.59 bits per heavy atom. The van der Waals surface area contributed by atoms with E-state index in [9.17, 15) is 22.9 Å². The normalized spacial score (nSPS) is 14.9. The van der Waals surface area contributed by atoms with Gasteiger partial charge < -0.3 is 9.66 Å². The number of carbonyl (C=O) groups is 1. The zero-order valence-electron chi connectivity index (χ0n) is 15.3. The zero-order valence-corrected chi connectivity index (χ0v) is 18.1. The summed E-state index contributed by atoms with van der Waals surface area (Å²) in [6.45, 7) is 0. The van der Waals surface area contributed by atoms with Crippen molar-refractivity contribution < 1.29 is 52.4 Å². The molecule has 0 aliphatic heterocycles. The Balaban J connectivity index is 0.00000240. The van der Waals surface area contributed by atoms with Crippen LogP contribution in [0.25, 0.3) is 15.7 Å². The molecule has 7 nitrogen and oxygen atoms in total. The van der Waals surface area contributed by atoms with Crippen molar-refractivity contribution in [2.75, 3.05) is 5.43 Å². The Hall–Kier alpha value is -2.49. The Labute approximate surface area is 188 Å². The molecule has 140 valence electrons. The fourth-order valence-corrected chi connectivity index (χ4v) is 3.78. The number of phenols is 1. The van der Waals surface area contributed by atoms with Crippen molar-refractivity contribution in [2.24, 2.45) is 5.10 Å². The third kappa shape index (κ3) is 3.98. The van der Waals surface area contributed by atoms with Crippen LogP contribution in [0.2, 0.25) is 0 Å². The van der Waals surface area contributed by atoms with E-state index in [1.54, 1.807) is 36.4 Å². The van der Waals surface area contributed by atoms with Gasteiger partial charge in [-0.25, -0.2) is 8.42 Å². The Kier molecular flexibility index (Phi) is 5.92. The molecule has 1 aliphatic carbocycles. The molecule has 0 unspecified atom stereocenters. The van der Waals surface area contributed by atoms with E-state index in [4.69, 9.17) is 0 Å². The van der Waals surface area contributed by atoms with Crippen LogP contribution in [0.5, 0.6) is 5.75 Å². The topological polar surface area (TPSA) is 119 Å². The molecule has 0 saturated carbocycles. The van der Waals surface area contributed by atoms with Gasteiger partial charge in [-0.05, 0) is 11.5 Å². The van der Waals surface area contributed by atoms with Crippen molar-refractivity contribution in [1.82, 2.24) is 0 Å². The summed E-state index contributed by atoms with van der Waals surface area (Å²) in [5.74, 6) is -0.752. The van der Waals surface area contributed by atoms with Crippen LogP contribution in [0.15, 0.2) is 71.8 Å². The summed E-state index contributed by atoms with van der Waals surface area (Å²) in [5, 5.41) is 16.0. The maximum atomic E-state index is 12.4. The van der Waals surface area contributed by atoms with Gasteiger partial charge >= 0.3 is 29.6 Å². The van der Waals surface area contributed by atoms with Crippen molar-refractivity contribution in [3.8, 4) is 5.75 Å². The van der Waals surface area contributed by atoms with E-state index in [0.717, 1.165) is 11.5 Å². The van der Waals surface area contributed by atoms with E-state index in [2.05, 4.69) is 10.5 Å². The zero-order chi connectivity index (χ0) is 19.9. The Bertz CT molecular complexity index is 1300. The Morgan fingerprint density at radius 3 is 2.31 bits per heavy atom. The standard InChI is InChI=1S/C20H14N2O5S.Na/c23-17-11-18(28(25,26)27)14-7-3-4-8-15(14)19(17)22-21-16-10-9-12-5-1-2-6-13(12)20(16)24;/h1-11,21,24H,(H,25,26,27);/q;+1/p-1/b22-19-;. The number of rotatable bonds is 3. The number of nitrogens with zero attached hydrogens (tertiary/aromatic N) is 1. The second-order valence-corrected chi connectivity index (χ2v) is 7.48. The van der Waals surface area contributed by atoms with Gasteiger partial charge in [-0.2, -0.15) is 5.10 Å². The van der Waals surface area contributed by atoms with Gasteiger partial charge in [-0.3, -0.25) is 10.2 Å². The minimum absolute atomic E-state index is 0. The fourth-order valence-electron chi connectivity index (χ4n) is 3.09. The predicted molar refractivity (Wildman–Crippen MR) is 105 cm³/mol. The van der Waals surface area contributed by atoms with Crippen LogP contribution in [0, 0.1) is 0 Å². The minimum Gasteiger partial charge on any atom is -0.744 e. The summed E-state index contributed by atoms with van der Waals surface area (Å²) in [4.78, 5) is 11.8. The SMILES string of the molecule is O=C1C=C(S(=O)(=O)[O-])c2ccccc2/C1=N/Nc1ccc2ccccc2c1O.[Na+]. The average Bonchev–Trinajstić information content (AvgIpc) is 2.67. The van der Waals surface area contributed by atoms with Gasteiger partial charge in [0.2, 0.25) is 5.78 Å². The molecule has 9 heteroatoms. The van der Waals surface area contributed by atoms with Crippen LogP contribution in [0.3, 0.4) is 0 Å². The van der Waals surface area contributed by atoms with Crippen LogP contribution in [0.1, 0.15) is 11.1 Å². The second-order valence-electron chi connectivity index (χ2n) is 6.13. The number of hydrogen-bond acceptors (Lipinski definition) is 7. The van der Waals surface area contributed by atoms with Gasteiger partial charge in [-0.15, -0.1) is 0 Å². The number of carbonyl (C=O) groups excluding carboxylic acids is 1. The van der Waals surface area contributed by atoms with Gasteiger partial charge in [-0.1, -0.05) is 54.6 Å². The monoisotopic (exact) mass is 416 g/mol. The molecule has 0 amide bonds. The molecule has 0 spiro atoms. The number of fused-ring (bicyclic) bond motifs is 2. The Morgan fingerprint density at radius 1 is 0.931 bits per heavy atom. The summed E-state index contributed by atoms with van der Waals surface area (Å²) in [6.07, 6.45) is 0.769. The van der Waals surface area contributed by atoms with E-state index in [-0.39, 0.29) is 57.8 Å². The molecule has 0 aromatic heterocycles. The number of nitrogens with one attached hydrogen (secondary N) is 1. The molecule has 0 bridgehead atoms. The van der Waals surface area contributed by atoms with Crippen molar-refractivity contribution in [1.29, 1.82) is 0 Å². The van der Waals surface area contributed by atoms with E-state index in [1.807, 2.05) is 12.1 Å².